The Hall–Kier alpha value is -3.18. The highest BCUT2D eigenvalue weighted by Crippen LogP contribution is 2.24. The molecule has 0 fully saturated rings. The summed E-state index contributed by atoms with van der Waals surface area (Å²) in [5, 5.41) is 9.58. The van der Waals surface area contributed by atoms with Crippen molar-refractivity contribution in [1.29, 1.82) is 0 Å². The van der Waals surface area contributed by atoms with Gasteiger partial charge in [0.25, 0.3) is 11.8 Å². The minimum atomic E-state index is -3.68. The van der Waals surface area contributed by atoms with Crippen molar-refractivity contribution in [2.45, 2.75) is 24.8 Å². The molecule has 0 bridgehead atoms. The molecular weight excluding hydrogens is 418 g/mol. The Morgan fingerprint density at radius 3 is 2.37 bits per heavy atom. The standard InChI is InChI=1S/C19H18F2N4O4S/c1-11(2)25(3)30(27,28)14-7-4-12(5-8-14)17(26)22-19-24-23-18(29-19)15-9-6-13(20)10-16(15)21/h4-11H,1-3H3,(H,22,24,26). The Bertz CT molecular complexity index is 1180. The van der Waals surface area contributed by atoms with Crippen LogP contribution in [0, 0.1) is 11.6 Å². The van der Waals surface area contributed by atoms with Gasteiger partial charge >= 0.3 is 6.01 Å². The number of rotatable bonds is 6. The molecule has 0 aliphatic heterocycles. The van der Waals surface area contributed by atoms with Crippen LogP contribution in [0.25, 0.3) is 11.5 Å². The second-order valence-corrected chi connectivity index (χ2v) is 8.63. The highest BCUT2D eigenvalue weighted by Gasteiger charge is 2.23. The normalized spacial score (nSPS) is 11.8. The Morgan fingerprint density at radius 1 is 1.10 bits per heavy atom. The van der Waals surface area contributed by atoms with Crippen LogP contribution in [0.1, 0.15) is 24.2 Å². The number of hydrogen-bond acceptors (Lipinski definition) is 6. The van der Waals surface area contributed by atoms with Gasteiger partial charge < -0.3 is 4.42 Å². The molecule has 0 radical (unpaired) electrons. The Morgan fingerprint density at radius 2 is 1.77 bits per heavy atom. The Kier molecular flexibility index (Phi) is 5.94. The molecule has 0 spiro atoms. The second kappa shape index (κ2) is 8.28. The highest BCUT2D eigenvalue weighted by atomic mass is 32.2. The summed E-state index contributed by atoms with van der Waals surface area (Å²) in [5.41, 5.74) is 0.0297. The van der Waals surface area contributed by atoms with Crippen molar-refractivity contribution < 1.29 is 26.4 Å². The zero-order valence-corrected chi connectivity index (χ0v) is 17.1. The van der Waals surface area contributed by atoms with Crippen molar-refractivity contribution in [1.82, 2.24) is 14.5 Å². The average molecular weight is 436 g/mol. The number of benzene rings is 2. The van der Waals surface area contributed by atoms with Crippen LogP contribution in [-0.2, 0) is 10.0 Å². The molecular formula is C19H18F2N4O4S. The summed E-state index contributed by atoms with van der Waals surface area (Å²) in [6, 6.07) is 7.63. The molecule has 0 aliphatic carbocycles. The molecule has 0 saturated carbocycles. The molecule has 0 saturated heterocycles. The van der Waals surface area contributed by atoms with Crippen LogP contribution < -0.4 is 5.32 Å². The van der Waals surface area contributed by atoms with E-state index < -0.39 is 27.6 Å². The topological polar surface area (TPSA) is 105 Å². The monoisotopic (exact) mass is 436 g/mol. The third-order valence-corrected chi connectivity index (χ3v) is 6.38. The average Bonchev–Trinajstić information content (AvgIpc) is 3.15. The first-order valence-electron chi connectivity index (χ1n) is 8.78. The van der Waals surface area contributed by atoms with E-state index in [-0.39, 0.29) is 34.0 Å². The van der Waals surface area contributed by atoms with Gasteiger partial charge in [0.05, 0.1) is 10.5 Å². The van der Waals surface area contributed by atoms with Crippen LogP contribution in [0.4, 0.5) is 14.8 Å². The number of halogens is 2. The highest BCUT2D eigenvalue weighted by molar-refractivity contribution is 7.89. The van der Waals surface area contributed by atoms with Crippen molar-refractivity contribution in [2.24, 2.45) is 0 Å². The molecule has 11 heteroatoms. The smallest absolute Gasteiger partial charge is 0.322 e. The molecule has 158 valence electrons. The lowest BCUT2D eigenvalue weighted by molar-refractivity contribution is 0.102. The van der Waals surface area contributed by atoms with E-state index >= 15 is 0 Å². The summed E-state index contributed by atoms with van der Waals surface area (Å²) in [6.07, 6.45) is 0. The lowest BCUT2D eigenvalue weighted by atomic mass is 10.2. The third-order valence-electron chi connectivity index (χ3n) is 4.33. The minimum Gasteiger partial charge on any atom is -0.403 e. The quantitative estimate of drug-likeness (QED) is 0.636. The maximum absolute atomic E-state index is 13.8. The molecule has 0 atom stereocenters. The molecule has 30 heavy (non-hydrogen) atoms. The fourth-order valence-electron chi connectivity index (χ4n) is 2.44. The summed E-state index contributed by atoms with van der Waals surface area (Å²) in [6.45, 7) is 3.49. The fraction of sp³-hybridized carbons (Fsp3) is 0.211. The fourth-order valence-corrected chi connectivity index (χ4v) is 3.80. The molecule has 1 heterocycles. The van der Waals surface area contributed by atoms with Gasteiger partial charge in [0.2, 0.25) is 10.0 Å². The summed E-state index contributed by atoms with van der Waals surface area (Å²) in [7, 11) is -2.21. The Balaban J connectivity index is 1.75. The number of aromatic nitrogens is 2. The number of carbonyl (C=O) groups is 1. The van der Waals surface area contributed by atoms with E-state index in [0.717, 1.165) is 12.1 Å². The molecule has 2 aromatic carbocycles. The van der Waals surface area contributed by atoms with E-state index in [1.165, 1.54) is 35.6 Å². The lowest BCUT2D eigenvalue weighted by Crippen LogP contribution is -2.33. The number of sulfonamides is 1. The van der Waals surface area contributed by atoms with Crippen molar-refractivity contribution >= 4 is 21.9 Å². The van der Waals surface area contributed by atoms with E-state index in [0.29, 0.717) is 6.07 Å². The largest absolute Gasteiger partial charge is 0.403 e. The number of nitrogens with zero attached hydrogens (tertiary/aromatic N) is 3. The molecule has 3 aromatic rings. The minimum absolute atomic E-state index is 0.0436. The van der Waals surface area contributed by atoms with Gasteiger partial charge in [-0.1, -0.05) is 5.10 Å². The van der Waals surface area contributed by atoms with Crippen LogP contribution in [0.15, 0.2) is 51.8 Å². The van der Waals surface area contributed by atoms with Crippen molar-refractivity contribution in [3.05, 3.63) is 59.7 Å². The maximum atomic E-state index is 13.8. The summed E-state index contributed by atoms with van der Waals surface area (Å²) in [5.74, 6) is -2.51. The molecule has 1 aromatic heterocycles. The summed E-state index contributed by atoms with van der Waals surface area (Å²) < 4.78 is 58.2. The predicted molar refractivity (Wildman–Crippen MR) is 104 cm³/mol. The number of hydrogen-bond donors (Lipinski definition) is 1. The summed E-state index contributed by atoms with van der Waals surface area (Å²) in [4.78, 5) is 12.4. The number of nitrogens with one attached hydrogen (secondary N) is 1. The number of anilines is 1. The molecule has 3 rings (SSSR count). The van der Waals surface area contributed by atoms with Crippen LogP contribution in [0.3, 0.4) is 0 Å². The van der Waals surface area contributed by atoms with Crippen molar-refractivity contribution in [3.63, 3.8) is 0 Å². The molecule has 8 nitrogen and oxygen atoms in total. The van der Waals surface area contributed by atoms with Gasteiger partial charge in [-0.05, 0) is 50.2 Å². The molecule has 0 unspecified atom stereocenters. The zero-order chi connectivity index (χ0) is 22.1. The van der Waals surface area contributed by atoms with Crippen molar-refractivity contribution in [3.8, 4) is 11.5 Å². The van der Waals surface area contributed by atoms with E-state index in [1.807, 2.05) is 0 Å². The van der Waals surface area contributed by atoms with Crippen LogP contribution in [0.2, 0.25) is 0 Å². The van der Waals surface area contributed by atoms with Gasteiger partial charge in [-0.3, -0.25) is 10.1 Å². The SMILES string of the molecule is CC(C)N(C)S(=O)(=O)c1ccc(C(=O)Nc2nnc(-c3ccc(F)cc3F)o2)cc1. The molecule has 1 amide bonds. The molecule has 1 N–H and O–H groups in total. The van der Waals surface area contributed by atoms with E-state index in [4.69, 9.17) is 4.42 Å². The van der Waals surface area contributed by atoms with E-state index in [9.17, 15) is 22.0 Å². The maximum Gasteiger partial charge on any atom is 0.322 e. The number of carbonyl (C=O) groups excluding carboxylic acids is 1. The van der Waals surface area contributed by atoms with Crippen LogP contribution in [-0.4, -0.2) is 41.9 Å². The third kappa shape index (κ3) is 4.36. The first-order valence-corrected chi connectivity index (χ1v) is 10.2. The van der Waals surface area contributed by atoms with Gasteiger partial charge in [-0.25, -0.2) is 17.2 Å². The van der Waals surface area contributed by atoms with Gasteiger partial charge in [-0.15, -0.1) is 5.10 Å². The van der Waals surface area contributed by atoms with Crippen LogP contribution in [0.5, 0.6) is 0 Å². The predicted octanol–water partition coefficient (Wildman–Crippen LogP) is 3.30. The van der Waals surface area contributed by atoms with Crippen LogP contribution >= 0.6 is 0 Å². The lowest BCUT2D eigenvalue weighted by Gasteiger charge is -2.20. The van der Waals surface area contributed by atoms with Crippen molar-refractivity contribution in [2.75, 3.05) is 12.4 Å². The summed E-state index contributed by atoms with van der Waals surface area (Å²) >= 11 is 0. The van der Waals surface area contributed by atoms with Gasteiger partial charge in [0.15, 0.2) is 0 Å². The Labute approximate surface area is 171 Å². The van der Waals surface area contributed by atoms with Gasteiger partial charge in [0, 0.05) is 24.7 Å². The van der Waals surface area contributed by atoms with E-state index in [2.05, 4.69) is 15.5 Å². The first-order chi connectivity index (χ1) is 14.1. The number of amides is 1. The zero-order valence-electron chi connectivity index (χ0n) is 16.3. The van der Waals surface area contributed by atoms with Gasteiger partial charge in [-0.2, -0.15) is 4.31 Å². The van der Waals surface area contributed by atoms with E-state index in [1.54, 1.807) is 13.8 Å². The molecule has 0 aliphatic rings. The van der Waals surface area contributed by atoms with Gasteiger partial charge in [0.1, 0.15) is 11.6 Å². The first kappa shape index (κ1) is 21.5. The second-order valence-electron chi connectivity index (χ2n) is 6.63.